The maximum atomic E-state index is 10.5. The van der Waals surface area contributed by atoms with Crippen LogP contribution in [0.1, 0.15) is 12.0 Å². The number of allylic oxidation sites excluding steroid dienone is 1. The van der Waals surface area contributed by atoms with Crippen LogP contribution in [0.25, 0.3) is 0 Å². The molecule has 1 aromatic carbocycles. The first-order valence-corrected chi connectivity index (χ1v) is 6.60. The zero-order chi connectivity index (χ0) is 10.4. The lowest BCUT2D eigenvalue weighted by Crippen LogP contribution is -1.83. The van der Waals surface area contributed by atoms with Crippen LogP contribution in [0.5, 0.6) is 0 Å². The van der Waals surface area contributed by atoms with Gasteiger partial charge in [0.25, 0.3) is 9.05 Å². The van der Waals surface area contributed by atoms with Crippen molar-refractivity contribution < 1.29 is 8.42 Å². The zero-order valence-corrected chi connectivity index (χ0v) is 9.13. The van der Waals surface area contributed by atoms with Gasteiger partial charge in [0, 0.05) is 16.1 Å². The molecule has 1 aromatic rings. The predicted molar refractivity (Wildman–Crippen MR) is 58.7 cm³/mol. The molecule has 0 unspecified atom stereocenters. The summed E-state index contributed by atoms with van der Waals surface area (Å²) in [7, 11) is 1.51. The Bertz CT molecular complexity index is 395. The monoisotopic (exact) mass is 230 g/mol. The van der Waals surface area contributed by atoms with Crippen LogP contribution in [0.3, 0.4) is 0 Å². The lowest BCUT2D eigenvalue weighted by Gasteiger charge is -1.95. The van der Waals surface area contributed by atoms with Gasteiger partial charge in [-0.2, -0.15) is 0 Å². The maximum absolute atomic E-state index is 10.5. The molecular weight excluding hydrogens is 220 g/mol. The highest BCUT2D eigenvalue weighted by Gasteiger charge is 1.95. The summed E-state index contributed by atoms with van der Waals surface area (Å²) in [6.07, 6.45) is 3.06. The van der Waals surface area contributed by atoms with Crippen molar-refractivity contribution in [1.29, 1.82) is 0 Å². The number of hydrogen-bond donors (Lipinski definition) is 0. The van der Waals surface area contributed by atoms with Crippen molar-refractivity contribution in [2.24, 2.45) is 0 Å². The van der Waals surface area contributed by atoms with Gasteiger partial charge in [-0.1, -0.05) is 36.4 Å². The van der Waals surface area contributed by atoms with E-state index in [-0.39, 0.29) is 0 Å². The van der Waals surface area contributed by atoms with Gasteiger partial charge in [0.1, 0.15) is 0 Å². The summed E-state index contributed by atoms with van der Waals surface area (Å²) in [5.74, 6) is 0. The van der Waals surface area contributed by atoms with Crippen molar-refractivity contribution in [2.75, 3.05) is 0 Å². The van der Waals surface area contributed by atoms with E-state index in [1.54, 1.807) is 6.08 Å². The second-order valence-electron chi connectivity index (χ2n) is 2.87. The van der Waals surface area contributed by atoms with E-state index in [4.69, 9.17) is 10.7 Å². The molecule has 0 spiro atoms. The third-order valence-electron chi connectivity index (χ3n) is 1.70. The van der Waals surface area contributed by atoms with Crippen LogP contribution in [-0.4, -0.2) is 8.42 Å². The Morgan fingerprint density at radius 3 is 2.43 bits per heavy atom. The smallest absolute Gasteiger partial charge is 0.208 e. The Labute approximate surface area is 88.6 Å². The fraction of sp³-hybridized carbons (Fsp3) is 0.200. The van der Waals surface area contributed by atoms with Gasteiger partial charge in [-0.15, -0.1) is 0 Å². The second-order valence-corrected chi connectivity index (χ2v) is 5.39. The lowest BCUT2D eigenvalue weighted by molar-refractivity contribution is 0.617. The summed E-state index contributed by atoms with van der Waals surface area (Å²) in [5, 5.41) is 1.03. The van der Waals surface area contributed by atoms with Crippen molar-refractivity contribution in [3.8, 4) is 0 Å². The predicted octanol–water partition coefficient (Wildman–Crippen LogP) is 2.70. The first-order valence-electron chi connectivity index (χ1n) is 4.23. The Hall–Kier alpha value is -0.800. The first-order chi connectivity index (χ1) is 6.58. The molecule has 0 N–H and O–H groups in total. The fourth-order valence-electron chi connectivity index (χ4n) is 1.08. The molecule has 0 saturated carbocycles. The topological polar surface area (TPSA) is 34.1 Å². The molecule has 0 aromatic heterocycles. The van der Waals surface area contributed by atoms with E-state index in [1.165, 1.54) is 5.56 Å². The molecule has 1 rings (SSSR count). The Kier molecular flexibility index (Phi) is 4.17. The van der Waals surface area contributed by atoms with E-state index in [0.717, 1.165) is 11.8 Å². The highest BCUT2D eigenvalue weighted by Crippen LogP contribution is 2.04. The average Bonchev–Trinajstić information content (AvgIpc) is 2.13. The minimum absolute atomic E-state index is 0.677. The van der Waals surface area contributed by atoms with E-state index in [0.29, 0.717) is 6.42 Å². The van der Waals surface area contributed by atoms with Crippen LogP contribution in [-0.2, 0) is 15.5 Å². The van der Waals surface area contributed by atoms with Crippen LogP contribution in [0, 0.1) is 0 Å². The second kappa shape index (κ2) is 5.17. The lowest BCUT2D eigenvalue weighted by atomic mass is 10.1. The third-order valence-corrected chi connectivity index (χ3v) is 2.53. The largest absolute Gasteiger partial charge is 0.254 e. The van der Waals surface area contributed by atoms with Gasteiger partial charge < -0.3 is 0 Å². The van der Waals surface area contributed by atoms with Crippen LogP contribution in [0.15, 0.2) is 41.8 Å². The summed E-state index contributed by atoms with van der Waals surface area (Å²) in [5.41, 5.74) is 1.18. The fourth-order valence-corrected chi connectivity index (χ4v) is 1.66. The molecule has 0 radical (unpaired) electrons. The third kappa shape index (κ3) is 5.04. The first kappa shape index (κ1) is 11.3. The summed E-state index contributed by atoms with van der Waals surface area (Å²) >= 11 is 0. The van der Waals surface area contributed by atoms with Gasteiger partial charge in [0.15, 0.2) is 0 Å². The summed E-state index contributed by atoms with van der Waals surface area (Å²) < 4.78 is 21.0. The molecule has 4 heteroatoms. The molecule has 0 heterocycles. The Balaban J connectivity index is 2.40. The van der Waals surface area contributed by atoms with Crippen molar-refractivity contribution in [3.63, 3.8) is 0 Å². The quantitative estimate of drug-likeness (QED) is 0.746. The van der Waals surface area contributed by atoms with Crippen molar-refractivity contribution in [1.82, 2.24) is 0 Å². The van der Waals surface area contributed by atoms with Gasteiger partial charge in [0.05, 0.1) is 0 Å². The van der Waals surface area contributed by atoms with E-state index >= 15 is 0 Å². The number of aryl methyl sites for hydroxylation is 1. The molecule has 0 aliphatic heterocycles. The minimum atomic E-state index is -3.49. The molecule has 0 aliphatic carbocycles. The molecule has 14 heavy (non-hydrogen) atoms. The van der Waals surface area contributed by atoms with Gasteiger partial charge >= 0.3 is 0 Å². The normalized spacial score (nSPS) is 12.1. The van der Waals surface area contributed by atoms with E-state index < -0.39 is 9.05 Å². The van der Waals surface area contributed by atoms with Gasteiger partial charge in [0.2, 0.25) is 0 Å². The number of benzene rings is 1. The summed E-state index contributed by atoms with van der Waals surface area (Å²) in [6.45, 7) is 0. The van der Waals surface area contributed by atoms with Gasteiger partial charge in [-0.05, 0) is 18.4 Å². The van der Waals surface area contributed by atoms with E-state index in [2.05, 4.69) is 0 Å². The SMILES string of the molecule is O=S(=O)(Cl)/C=C/CCc1ccccc1. The van der Waals surface area contributed by atoms with Crippen molar-refractivity contribution in [3.05, 3.63) is 47.4 Å². The van der Waals surface area contributed by atoms with Crippen LogP contribution in [0.2, 0.25) is 0 Å². The molecular formula is C10H11ClO2S. The zero-order valence-electron chi connectivity index (χ0n) is 7.56. The standard InChI is InChI=1S/C10H11ClO2S/c11-14(12,13)9-5-4-8-10-6-2-1-3-7-10/h1-3,5-7,9H,4,8H2/b9-5+. The summed E-state index contributed by atoms with van der Waals surface area (Å²) in [6, 6.07) is 9.86. The summed E-state index contributed by atoms with van der Waals surface area (Å²) in [4.78, 5) is 0. The molecule has 76 valence electrons. The van der Waals surface area contributed by atoms with E-state index in [1.807, 2.05) is 30.3 Å². The molecule has 0 amide bonds. The minimum Gasteiger partial charge on any atom is -0.208 e. The molecule has 0 saturated heterocycles. The average molecular weight is 231 g/mol. The maximum Gasteiger partial charge on any atom is 0.254 e. The highest BCUT2D eigenvalue weighted by atomic mass is 35.7. The van der Waals surface area contributed by atoms with Gasteiger partial charge in [-0.25, -0.2) is 8.42 Å². The highest BCUT2D eigenvalue weighted by molar-refractivity contribution is 8.16. The molecule has 2 nitrogen and oxygen atoms in total. The van der Waals surface area contributed by atoms with E-state index in [9.17, 15) is 8.42 Å². The molecule has 0 atom stereocenters. The van der Waals surface area contributed by atoms with Crippen LogP contribution >= 0.6 is 10.7 Å². The number of hydrogen-bond acceptors (Lipinski definition) is 2. The number of rotatable bonds is 4. The Morgan fingerprint density at radius 2 is 1.86 bits per heavy atom. The Morgan fingerprint density at radius 1 is 1.21 bits per heavy atom. The van der Waals surface area contributed by atoms with Crippen LogP contribution < -0.4 is 0 Å². The van der Waals surface area contributed by atoms with Crippen molar-refractivity contribution in [2.45, 2.75) is 12.8 Å². The van der Waals surface area contributed by atoms with Crippen molar-refractivity contribution >= 4 is 19.7 Å². The van der Waals surface area contributed by atoms with Gasteiger partial charge in [-0.3, -0.25) is 0 Å². The van der Waals surface area contributed by atoms with Crippen LogP contribution in [0.4, 0.5) is 0 Å². The molecule has 0 aliphatic rings. The molecule has 0 bridgehead atoms. The number of halogens is 1. The molecule has 0 fully saturated rings.